The van der Waals surface area contributed by atoms with Crippen molar-refractivity contribution in [2.75, 3.05) is 0 Å². The second-order valence-electron chi connectivity index (χ2n) is 4.67. The molecule has 0 aliphatic carbocycles. The van der Waals surface area contributed by atoms with E-state index in [9.17, 15) is 0 Å². The summed E-state index contributed by atoms with van der Waals surface area (Å²) in [6, 6.07) is 5.63. The van der Waals surface area contributed by atoms with Gasteiger partial charge in [0.15, 0.2) is 0 Å². The summed E-state index contributed by atoms with van der Waals surface area (Å²) in [7, 11) is 0. The van der Waals surface area contributed by atoms with Crippen LogP contribution in [-0.4, -0.2) is 9.55 Å². The van der Waals surface area contributed by atoms with Crippen molar-refractivity contribution in [1.29, 1.82) is 0 Å². The molecule has 0 amide bonds. The summed E-state index contributed by atoms with van der Waals surface area (Å²) >= 11 is 12.4. The fourth-order valence-electron chi connectivity index (χ4n) is 2.52. The lowest BCUT2D eigenvalue weighted by Gasteiger charge is -2.15. The second-order valence-corrected chi connectivity index (χ2v) is 5.48. The van der Waals surface area contributed by atoms with E-state index in [1.165, 1.54) is 18.5 Å². The maximum absolute atomic E-state index is 6.21. The molecule has 1 aliphatic heterocycles. The van der Waals surface area contributed by atoms with Crippen LogP contribution in [-0.2, 0) is 19.4 Å². The zero-order valence-electron chi connectivity index (χ0n) is 10.00. The summed E-state index contributed by atoms with van der Waals surface area (Å²) in [6.07, 6.45) is 6.26. The Bertz CT molecular complexity index is 555. The molecule has 0 atom stereocenters. The molecule has 0 bridgehead atoms. The number of aromatic nitrogens is 2. The smallest absolute Gasteiger partial charge is 0.0951 e. The number of benzene rings is 1. The van der Waals surface area contributed by atoms with Gasteiger partial charge in [-0.05, 0) is 37.0 Å². The highest BCUT2D eigenvalue weighted by Crippen LogP contribution is 2.28. The Hall–Kier alpha value is -0.990. The Morgan fingerprint density at radius 2 is 1.94 bits per heavy atom. The Balaban J connectivity index is 1.95. The molecule has 1 aromatic heterocycles. The van der Waals surface area contributed by atoms with Crippen molar-refractivity contribution in [3.8, 4) is 0 Å². The number of imidazole rings is 1. The van der Waals surface area contributed by atoms with E-state index in [0.29, 0.717) is 0 Å². The molecule has 0 unspecified atom stereocenters. The quantitative estimate of drug-likeness (QED) is 0.809. The molecule has 0 saturated heterocycles. The van der Waals surface area contributed by atoms with Crippen molar-refractivity contribution in [2.45, 2.75) is 32.2 Å². The molecule has 4 heteroatoms. The van der Waals surface area contributed by atoms with Gasteiger partial charge in [-0.2, -0.15) is 0 Å². The van der Waals surface area contributed by atoms with Gasteiger partial charge in [0.1, 0.15) is 0 Å². The topological polar surface area (TPSA) is 17.8 Å². The van der Waals surface area contributed by atoms with Crippen molar-refractivity contribution in [2.24, 2.45) is 0 Å². The van der Waals surface area contributed by atoms with Crippen molar-refractivity contribution in [3.63, 3.8) is 0 Å². The molecule has 0 N–H and O–H groups in total. The maximum Gasteiger partial charge on any atom is 0.0951 e. The minimum atomic E-state index is 0.722. The molecule has 3 rings (SSSR count). The van der Waals surface area contributed by atoms with Crippen molar-refractivity contribution >= 4 is 23.2 Å². The summed E-state index contributed by atoms with van der Waals surface area (Å²) < 4.78 is 2.25. The third-order valence-corrected chi connectivity index (χ3v) is 4.21. The average Bonchev–Trinajstić information content (AvgIpc) is 2.77. The second kappa shape index (κ2) is 4.94. The van der Waals surface area contributed by atoms with Crippen LogP contribution in [0.4, 0.5) is 0 Å². The molecular weight excluding hydrogens is 267 g/mol. The normalized spacial score (nSPS) is 14.6. The van der Waals surface area contributed by atoms with E-state index in [4.69, 9.17) is 23.2 Å². The number of aryl methyl sites for hydroxylation is 1. The molecule has 0 spiro atoms. The van der Waals surface area contributed by atoms with Gasteiger partial charge in [0, 0.05) is 28.7 Å². The monoisotopic (exact) mass is 280 g/mol. The predicted molar refractivity (Wildman–Crippen MR) is 74.4 cm³/mol. The lowest BCUT2D eigenvalue weighted by Crippen LogP contribution is -2.10. The molecule has 0 fully saturated rings. The van der Waals surface area contributed by atoms with E-state index >= 15 is 0 Å². The van der Waals surface area contributed by atoms with Crippen LogP contribution in [0, 0.1) is 0 Å². The van der Waals surface area contributed by atoms with E-state index in [-0.39, 0.29) is 0 Å². The number of fused-ring (bicyclic) bond motifs is 1. The maximum atomic E-state index is 6.21. The van der Waals surface area contributed by atoms with Gasteiger partial charge in [0.2, 0.25) is 0 Å². The van der Waals surface area contributed by atoms with Crippen molar-refractivity contribution in [1.82, 2.24) is 9.55 Å². The standard InChI is InChI=1S/C14H14Cl2N2/c15-11-4-3-5-12(16)10(11)8-13-14-6-1-2-7-18(14)9-17-13/h3-5,9H,1-2,6-8H2. The SMILES string of the molecule is Clc1cccc(Cl)c1Cc1ncn2c1CCCC2. The number of rotatable bonds is 2. The zero-order chi connectivity index (χ0) is 12.5. The first kappa shape index (κ1) is 12.1. The lowest BCUT2D eigenvalue weighted by molar-refractivity contribution is 0.529. The van der Waals surface area contributed by atoms with Crippen LogP contribution in [0.15, 0.2) is 24.5 Å². The van der Waals surface area contributed by atoms with Gasteiger partial charge < -0.3 is 4.57 Å². The number of nitrogens with zero attached hydrogens (tertiary/aromatic N) is 2. The van der Waals surface area contributed by atoms with Crippen molar-refractivity contribution in [3.05, 3.63) is 51.5 Å². The summed E-state index contributed by atoms with van der Waals surface area (Å²) in [5.41, 5.74) is 3.44. The molecule has 18 heavy (non-hydrogen) atoms. The van der Waals surface area contributed by atoms with Gasteiger partial charge in [-0.1, -0.05) is 29.3 Å². The molecule has 2 heterocycles. The first-order valence-corrected chi connectivity index (χ1v) is 6.97. The van der Waals surface area contributed by atoms with E-state index in [1.54, 1.807) is 0 Å². The molecule has 1 aliphatic rings. The van der Waals surface area contributed by atoms with Gasteiger partial charge >= 0.3 is 0 Å². The molecule has 2 nitrogen and oxygen atoms in total. The number of hydrogen-bond acceptors (Lipinski definition) is 1. The van der Waals surface area contributed by atoms with Crippen LogP contribution in [0.25, 0.3) is 0 Å². The van der Waals surface area contributed by atoms with Gasteiger partial charge in [0.25, 0.3) is 0 Å². The van der Waals surface area contributed by atoms with Gasteiger partial charge in [-0.3, -0.25) is 0 Å². The van der Waals surface area contributed by atoms with Crippen LogP contribution in [0.5, 0.6) is 0 Å². The van der Waals surface area contributed by atoms with Crippen molar-refractivity contribution < 1.29 is 0 Å². The van der Waals surface area contributed by atoms with Gasteiger partial charge in [-0.25, -0.2) is 4.98 Å². The molecule has 0 saturated carbocycles. The zero-order valence-corrected chi connectivity index (χ0v) is 11.5. The van der Waals surface area contributed by atoms with Crippen LogP contribution >= 0.6 is 23.2 Å². The number of hydrogen-bond donors (Lipinski definition) is 0. The largest absolute Gasteiger partial charge is 0.334 e. The minimum Gasteiger partial charge on any atom is -0.334 e. The molecule has 0 radical (unpaired) electrons. The van der Waals surface area contributed by atoms with Gasteiger partial charge in [-0.15, -0.1) is 0 Å². The summed E-state index contributed by atoms with van der Waals surface area (Å²) in [4.78, 5) is 4.52. The summed E-state index contributed by atoms with van der Waals surface area (Å²) in [5, 5.41) is 1.44. The third kappa shape index (κ3) is 2.15. The molecule has 2 aromatic rings. The fourth-order valence-corrected chi connectivity index (χ4v) is 3.05. The lowest BCUT2D eigenvalue weighted by atomic mass is 10.0. The molecular formula is C14H14Cl2N2. The summed E-state index contributed by atoms with van der Waals surface area (Å²) in [5.74, 6) is 0. The molecule has 1 aromatic carbocycles. The average molecular weight is 281 g/mol. The van der Waals surface area contributed by atoms with E-state index in [2.05, 4.69) is 9.55 Å². The fraction of sp³-hybridized carbons (Fsp3) is 0.357. The van der Waals surface area contributed by atoms with Crippen LogP contribution in [0.2, 0.25) is 10.0 Å². The Morgan fingerprint density at radius 1 is 1.17 bits per heavy atom. The third-order valence-electron chi connectivity index (χ3n) is 3.50. The highest BCUT2D eigenvalue weighted by molar-refractivity contribution is 6.36. The Labute approximate surface area is 117 Å². The molecule has 94 valence electrons. The minimum absolute atomic E-state index is 0.722. The highest BCUT2D eigenvalue weighted by Gasteiger charge is 2.16. The van der Waals surface area contributed by atoms with Crippen LogP contribution in [0.1, 0.15) is 29.8 Å². The predicted octanol–water partition coefficient (Wildman–Crippen LogP) is 4.12. The van der Waals surface area contributed by atoms with Crippen LogP contribution in [0.3, 0.4) is 0 Å². The first-order chi connectivity index (χ1) is 8.75. The number of halogens is 2. The van der Waals surface area contributed by atoms with E-state index in [1.807, 2.05) is 24.5 Å². The Morgan fingerprint density at radius 3 is 2.72 bits per heavy atom. The van der Waals surface area contributed by atoms with E-state index < -0.39 is 0 Å². The Kier molecular flexibility index (Phi) is 3.31. The van der Waals surface area contributed by atoms with Gasteiger partial charge in [0.05, 0.1) is 12.0 Å². The highest BCUT2D eigenvalue weighted by atomic mass is 35.5. The van der Waals surface area contributed by atoms with E-state index in [0.717, 1.165) is 40.7 Å². The first-order valence-electron chi connectivity index (χ1n) is 6.21. The van der Waals surface area contributed by atoms with Crippen LogP contribution < -0.4 is 0 Å². The summed E-state index contributed by atoms with van der Waals surface area (Å²) in [6.45, 7) is 1.08.